The summed E-state index contributed by atoms with van der Waals surface area (Å²) in [5.74, 6) is 0.532. The van der Waals surface area contributed by atoms with E-state index in [4.69, 9.17) is 11.6 Å². The highest BCUT2D eigenvalue weighted by Gasteiger charge is 2.04. The molecule has 0 N–H and O–H groups in total. The molecule has 1 aromatic heterocycles. The second-order valence-electron chi connectivity index (χ2n) is 4.39. The molecule has 84 valence electrons. The summed E-state index contributed by atoms with van der Waals surface area (Å²) in [5.41, 5.74) is 0.959. The summed E-state index contributed by atoms with van der Waals surface area (Å²) in [5, 5.41) is 1.39. The van der Waals surface area contributed by atoms with E-state index in [1.807, 2.05) is 12.3 Å². The lowest BCUT2D eigenvalue weighted by Crippen LogP contribution is -2.10. The quantitative estimate of drug-likeness (QED) is 0.783. The zero-order chi connectivity index (χ0) is 11.7. The van der Waals surface area contributed by atoms with E-state index in [0.717, 1.165) is 17.4 Å². The molecule has 1 aromatic carbocycles. The van der Waals surface area contributed by atoms with Crippen molar-refractivity contribution in [2.75, 3.05) is 0 Å². The summed E-state index contributed by atoms with van der Waals surface area (Å²) >= 11 is 5.96. The molecule has 0 fully saturated rings. The largest absolute Gasteiger partial charge is 0.347 e. The van der Waals surface area contributed by atoms with Gasteiger partial charge in [-0.25, -0.2) is 0 Å². The first-order valence-electron chi connectivity index (χ1n) is 5.36. The predicted molar refractivity (Wildman–Crippen MR) is 68.1 cm³/mol. The molecule has 0 aliphatic rings. The van der Waals surface area contributed by atoms with Crippen molar-refractivity contribution in [1.82, 2.24) is 4.57 Å². The lowest BCUT2D eigenvalue weighted by atomic mass is 10.1. The third-order valence-corrected chi connectivity index (χ3v) is 2.74. The maximum Gasteiger partial charge on any atom is 0.189 e. The summed E-state index contributed by atoms with van der Waals surface area (Å²) in [6, 6.07) is 7.00. The minimum atomic E-state index is 0.0478. The Morgan fingerprint density at radius 1 is 1.31 bits per heavy atom. The number of pyridine rings is 1. The van der Waals surface area contributed by atoms with E-state index in [-0.39, 0.29) is 5.43 Å². The van der Waals surface area contributed by atoms with Crippen molar-refractivity contribution >= 4 is 22.5 Å². The number of halogens is 1. The Balaban J connectivity index is 2.70. The number of aromatic nitrogens is 1. The standard InChI is InChI=1S/C13H14ClNO/c1-9(2)8-15-6-5-13(16)11-4-3-10(14)7-12(11)15/h3-7,9H,8H2,1-2H3. The van der Waals surface area contributed by atoms with Crippen LogP contribution in [0.2, 0.25) is 5.02 Å². The van der Waals surface area contributed by atoms with Crippen molar-refractivity contribution < 1.29 is 0 Å². The van der Waals surface area contributed by atoms with Crippen LogP contribution in [0.3, 0.4) is 0 Å². The highest BCUT2D eigenvalue weighted by atomic mass is 35.5. The molecule has 0 spiro atoms. The molecule has 16 heavy (non-hydrogen) atoms. The third-order valence-electron chi connectivity index (χ3n) is 2.50. The maximum absolute atomic E-state index is 11.7. The van der Waals surface area contributed by atoms with Gasteiger partial charge in [-0.3, -0.25) is 4.79 Å². The second-order valence-corrected chi connectivity index (χ2v) is 4.82. The molecule has 2 nitrogen and oxygen atoms in total. The monoisotopic (exact) mass is 235 g/mol. The Morgan fingerprint density at radius 3 is 2.75 bits per heavy atom. The lowest BCUT2D eigenvalue weighted by molar-refractivity contribution is 0.533. The van der Waals surface area contributed by atoms with Crippen LogP contribution < -0.4 is 5.43 Å². The van der Waals surface area contributed by atoms with Crippen molar-refractivity contribution in [2.24, 2.45) is 5.92 Å². The van der Waals surface area contributed by atoms with Gasteiger partial charge in [0.1, 0.15) is 0 Å². The lowest BCUT2D eigenvalue weighted by Gasteiger charge is -2.12. The van der Waals surface area contributed by atoms with Crippen LogP contribution in [0, 0.1) is 5.92 Å². The number of hydrogen-bond acceptors (Lipinski definition) is 1. The van der Waals surface area contributed by atoms with E-state index in [2.05, 4.69) is 18.4 Å². The fraction of sp³-hybridized carbons (Fsp3) is 0.308. The van der Waals surface area contributed by atoms with Crippen molar-refractivity contribution in [3.8, 4) is 0 Å². The van der Waals surface area contributed by atoms with E-state index in [1.54, 1.807) is 18.2 Å². The molecule has 0 amide bonds. The van der Waals surface area contributed by atoms with Gasteiger partial charge < -0.3 is 4.57 Å². The average Bonchev–Trinajstić information content (AvgIpc) is 2.22. The molecule has 0 atom stereocenters. The van der Waals surface area contributed by atoms with Crippen molar-refractivity contribution in [1.29, 1.82) is 0 Å². The van der Waals surface area contributed by atoms with Crippen LogP contribution in [0.1, 0.15) is 13.8 Å². The number of benzene rings is 1. The highest BCUT2D eigenvalue weighted by molar-refractivity contribution is 6.31. The Labute approximate surface area is 99.5 Å². The molecule has 1 heterocycles. The molecule has 3 heteroatoms. The SMILES string of the molecule is CC(C)Cn1ccc(=O)c2ccc(Cl)cc21. The first kappa shape index (κ1) is 11.2. The van der Waals surface area contributed by atoms with Gasteiger partial charge in [0, 0.05) is 29.2 Å². The summed E-state index contributed by atoms with van der Waals surface area (Å²) in [7, 11) is 0. The van der Waals surface area contributed by atoms with E-state index in [1.165, 1.54) is 0 Å². The van der Waals surface area contributed by atoms with Crippen LogP contribution in [0.25, 0.3) is 10.9 Å². The molecule has 2 aromatic rings. The number of hydrogen-bond donors (Lipinski definition) is 0. The molecular formula is C13H14ClNO. The average molecular weight is 236 g/mol. The van der Waals surface area contributed by atoms with Crippen molar-refractivity contribution in [3.05, 3.63) is 45.7 Å². The van der Waals surface area contributed by atoms with Crippen LogP contribution in [-0.4, -0.2) is 4.57 Å². The topological polar surface area (TPSA) is 22.0 Å². The van der Waals surface area contributed by atoms with E-state index in [9.17, 15) is 4.79 Å². The second kappa shape index (κ2) is 4.30. The van der Waals surface area contributed by atoms with Crippen LogP contribution in [0.15, 0.2) is 35.3 Å². The Morgan fingerprint density at radius 2 is 2.06 bits per heavy atom. The molecule has 0 aliphatic heterocycles. The molecule has 0 saturated carbocycles. The molecule has 0 aliphatic carbocycles. The number of rotatable bonds is 2. The van der Waals surface area contributed by atoms with Gasteiger partial charge in [0.2, 0.25) is 0 Å². The summed E-state index contributed by atoms with van der Waals surface area (Å²) in [6.45, 7) is 5.18. The first-order valence-corrected chi connectivity index (χ1v) is 5.74. The molecule has 0 bridgehead atoms. The van der Waals surface area contributed by atoms with Gasteiger partial charge in [0.25, 0.3) is 0 Å². The van der Waals surface area contributed by atoms with Gasteiger partial charge >= 0.3 is 0 Å². The van der Waals surface area contributed by atoms with Crippen molar-refractivity contribution in [3.63, 3.8) is 0 Å². The zero-order valence-corrected chi connectivity index (χ0v) is 10.2. The molecule has 0 unspecified atom stereocenters. The van der Waals surface area contributed by atoms with Gasteiger partial charge in [-0.1, -0.05) is 25.4 Å². The fourth-order valence-corrected chi connectivity index (χ4v) is 2.00. The minimum Gasteiger partial charge on any atom is -0.347 e. The molecule has 2 rings (SSSR count). The van der Waals surface area contributed by atoms with Crippen molar-refractivity contribution in [2.45, 2.75) is 20.4 Å². The Hall–Kier alpha value is -1.28. The van der Waals surface area contributed by atoms with Gasteiger partial charge in [-0.15, -0.1) is 0 Å². The molecule has 0 radical (unpaired) electrons. The Kier molecular flexibility index (Phi) is 3.01. The smallest absolute Gasteiger partial charge is 0.189 e. The number of nitrogens with zero attached hydrogens (tertiary/aromatic N) is 1. The first-order chi connectivity index (χ1) is 7.58. The predicted octanol–water partition coefficient (Wildman–Crippen LogP) is 3.31. The third kappa shape index (κ3) is 2.12. The van der Waals surface area contributed by atoms with Crippen LogP contribution >= 0.6 is 11.6 Å². The molecule has 0 saturated heterocycles. The fourth-order valence-electron chi connectivity index (χ4n) is 1.83. The summed E-state index contributed by atoms with van der Waals surface area (Å²) in [4.78, 5) is 11.7. The van der Waals surface area contributed by atoms with Crippen LogP contribution in [0.5, 0.6) is 0 Å². The maximum atomic E-state index is 11.7. The van der Waals surface area contributed by atoms with Gasteiger partial charge in [-0.2, -0.15) is 0 Å². The zero-order valence-electron chi connectivity index (χ0n) is 9.40. The van der Waals surface area contributed by atoms with Crippen LogP contribution in [0.4, 0.5) is 0 Å². The van der Waals surface area contributed by atoms with E-state index < -0.39 is 0 Å². The Bertz CT molecular complexity index is 572. The number of fused-ring (bicyclic) bond motifs is 1. The van der Waals surface area contributed by atoms with E-state index >= 15 is 0 Å². The molecular weight excluding hydrogens is 222 g/mol. The van der Waals surface area contributed by atoms with E-state index in [0.29, 0.717) is 10.9 Å². The summed E-state index contributed by atoms with van der Waals surface area (Å²) in [6.07, 6.45) is 1.83. The summed E-state index contributed by atoms with van der Waals surface area (Å²) < 4.78 is 2.08. The van der Waals surface area contributed by atoms with Gasteiger partial charge in [0.05, 0.1) is 5.52 Å². The normalized spacial score (nSPS) is 11.2. The van der Waals surface area contributed by atoms with Gasteiger partial charge in [-0.05, 0) is 24.1 Å². The van der Waals surface area contributed by atoms with Crippen LogP contribution in [-0.2, 0) is 6.54 Å². The highest BCUT2D eigenvalue weighted by Crippen LogP contribution is 2.17. The van der Waals surface area contributed by atoms with Gasteiger partial charge in [0.15, 0.2) is 5.43 Å². The minimum absolute atomic E-state index is 0.0478.